The van der Waals surface area contributed by atoms with E-state index in [9.17, 15) is 5.11 Å². The number of benzene rings is 2. The molecule has 1 saturated heterocycles. The molecule has 2 heterocycles. The number of fused-ring (bicyclic) bond motifs is 1. The average Bonchev–Trinajstić information content (AvgIpc) is 3.08. The van der Waals surface area contributed by atoms with E-state index in [1.54, 1.807) is 0 Å². The van der Waals surface area contributed by atoms with Crippen molar-refractivity contribution in [3.63, 3.8) is 0 Å². The molecule has 148 valence electrons. The van der Waals surface area contributed by atoms with Gasteiger partial charge in [-0.25, -0.2) is 4.98 Å². The molecule has 28 heavy (non-hydrogen) atoms. The summed E-state index contributed by atoms with van der Waals surface area (Å²) in [7, 11) is 0. The molecule has 1 N–H and O–H groups in total. The maximum Gasteiger partial charge on any atom is 0.122 e. The van der Waals surface area contributed by atoms with Crippen molar-refractivity contribution in [1.82, 2.24) is 9.55 Å². The summed E-state index contributed by atoms with van der Waals surface area (Å²) in [6.07, 6.45) is 1.33. The van der Waals surface area contributed by atoms with Gasteiger partial charge in [0.25, 0.3) is 0 Å². The highest BCUT2D eigenvalue weighted by Crippen LogP contribution is 2.29. The molecular weight excluding hydrogens is 352 g/mol. The number of para-hydroxylation sites is 2. The highest BCUT2D eigenvalue weighted by Gasteiger charge is 2.24. The Labute approximate surface area is 165 Å². The van der Waals surface area contributed by atoms with Gasteiger partial charge in [-0.15, -0.1) is 0 Å². The van der Waals surface area contributed by atoms with E-state index in [1.807, 2.05) is 44.2 Å². The largest absolute Gasteiger partial charge is 0.491 e. The van der Waals surface area contributed by atoms with Gasteiger partial charge in [-0.1, -0.05) is 24.3 Å². The standard InChI is InChI=1S/C23H28N2O3/c1-16-7-8-17(2)22(13-16)28-15-19(26)14-25-21-6-4-3-5-20(21)24-23(25)18-9-11-27-12-10-18/h3-8,13,18-19,26H,9-12,14-15H2,1-2H3. The maximum atomic E-state index is 10.7. The highest BCUT2D eigenvalue weighted by atomic mass is 16.5. The molecule has 0 aliphatic carbocycles. The first-order valence-electron chi connectivity index (χ1n) is 10.0. The number of nitrogens with zero attached hydrogens (tertiary/aromatic N) is 2. The predicted octanol–water partition coefficient (Wildman–Crippen LogP) is 3.99. The summed E-state index contributed by atoms with van der Waals surface area (Å²) in [6, 6.07) is 14.3. The lowest BCUT2D eigenvalue weighted by atomic mass is 9.99. The van der Waals surface area contributed by atoms with Crippen LogP contribution in [0.2, 0.25) is 0 Å². The Morgan fingerprint density at radius 2 is 1.96 bits per heavy atom. The van der Waals surface area contributed by atoms with Gasteiger partial charge < -0.3 is 19.1 Å². The summed E-state index contributed by atoms with van der Waals surface area (Å²) >= 11 is 0. The van der Waals surface area contributed by atoms with Crippen molar-refractivity contribution in [1.29, 1.82) is 0 Å². The molecule has 5 heteroatoms. The lowest BCUT2D eigenvalue weighted by Gasteiger charge is -2.24. The third kappa shape index (κ3) is 4.05. The Hall–Kier alpha value is -2.37. The van der Waals surface area contributed by atoms with Crippen LogP contribution in [0.3, 0.4) is 0 Å². The maximum absolute atomic E-state index is 10.7. The fraction of sp³-hybridized carbons (Fsp3) is 0.435. The number of aromatic nitrogens is 2. The first-order valence-corrected chi connectivity index (χ1v) is 10.0. The minimum absolute atomic E-state index is 0.254. The first-order chi connectivity index (χ1) is 13.6. The summed E-state index contributed by atoms with van der Waals surface area (Å²) in [5, 5.41) is 10.7. The molecule has 1 aliphatic heterocycles. The lowest BCUT2D eigenvalue weighted by molar-refractivity contribution is 0.0779. The summed E-state index contributed by atoms with van der Waals surface area (Å²) in [5.41, 5.74) is 4.27. The Morgan fingerprint density at radius 1 is 1.18 bits per heavy atom. The number of aryl methyl sites for hydroxylation is 2. The van der Waals surface area contributed by atoms with Gasteiger partial charge >= 0.3 is 0 Å². The normalized spacial score (nSPS) is 16.4. The van der Waals surface area contributed by atoms with Crippen molar-refractivity contribution in [2.24, 2.45) is 0 Å². The monoisotopic (exact) mass is 380 g/mol. The first kappa shape index (κ1) is 19.0. The molecular formula is C23H28N2O3. The molecule has 5 nitrogen and oxygen atoms in total. The molecule has 0 bridgehead atoms. The minimum atomic E-state index is -0.615. The molecule has 0 radical (unpaired) electrons. The van der Waals surface area contributed by atoms with E-state index >= 15 is 0 Å². The zero-order chi connectivity index (χ0) is 19.5. The van der Waals surface area contributed by atoms with Crippen molar-refractivity contribution in [3.05, 3.63) is 59.4 Å². The second-order valence-corrected chi connectivity index (χ2v) is 7.69. The Bertz CT molecular complexity index is 944. The molecule has 3 aromatic rings. The number of rotatable bonds is 6. The average molecular weight is 380 g/mol. The molecule has 1 aromatic heterocycles. The van der Waals surface area contributed by atoms with Crippen LogP contribution in [0.5, 0.6) is 5.75 Å². The molecule has 2 aromatic carbocycles. The molecule has 1 atom stereocenters. The van der Waals surface area contributed by atoms with Gasteiger partial charge in [0.15, 0.2) is 0 Å². The van der Waals surface area contributed by atoms with E-state index in [0.29, 0.717) is 12.5 Å². The van der Waals surface area contributed by atoms with Gasteiger partial charge in [0, 0.05) is 19.1 Å². The zero-order valence-electron chi connectivity index (χ0n) is 16.6. The number of imidazole rings is 1. The molecule has 0 saturated carbocycles. The van der Waals surface area contributed by atoms with Gasteiger partial charge in [0.1, 0.15) is 24.3 Å². The van der Waals surface area contributed by atoms with Crippen molar-refractivity contribution < 1.29 is 14.6 Å². The quantitative estimate of drug-likeness (QED) is 0.703. The van der Waals surface area contributed by atoms with Crippen LogP contribution >= 0.6 is 0 Å². The summed E-state index contributed by atoms with van der Waals surface area (Å²) in [6.45, 7) is 6.33. The number of hydrogen-bond acceptors (Lipinski definition) is 4. The Kier molecular flexibility index (Phi) is 5.64. The van der Waals surface area contributed by atoms with Crippen molar-refractivity contribution in [2.45, 2.75) is 45.3 Å². The van der Waals surface area contributed by atoms with Crippen LogP contribution in [-0.4, -0.2) is 40.6 Å². The number of aliphatic hydroxyl groups is 1. The van der Waals surface area contributed by atoms with Crippen LogP contribution in [0, 0.1) is 13.8 Å². The van der Waals surface area contributed by atoms with Crippen LogP contribution in [-0.2, 0) is 11.3 Å². The van der Waals surface area contributed by atoms with E-state index < -0.39 is 6.10 Å². The molecule has 1 aliphatic rings. The van der Waals surface area contributed by atoms with Crippen molar-refractivity contribution in [2.75, 3.05) is 19.8 Å². The fourth-order valence-corrected chi connectivity index (χ4v) is 3.87. The summed E-state index contributed by atoms with van der Waals surface area (Å²) in [5.74, 6) is 2.25. The van der Waals surface area contributed by atoms with Gasteiger partial charge in [-0.3, -0.25) is 0 Å². The van der Waals surface area contributed by atoms with Crippen LogP contribution in [0.4, 0.5) is 0 Å². The van der Waals surface area contributed by atoms with Crippen LogP contribution in [0.25, 0.3) is 11.0 Å². The van der Waals surface area contributed by atoms with Gasteiger partial charge in [-0.05, 0) is 56.0 Å². The van der Waals surface area contributed by atoms with Crippen LogP contribution in [0.1, 0.15) is 35.7 Å². The van der Waals surface area contributed by atoms with Crippen molar-refractivity contribution >= 4 is 11.0 Å². The van der Waals surface area contributed by atoms with Crippen LogP contribution in [0.15, 0.2) is 42.5 Å². The van der Waals surface area contributed by atoms with E-state index in [4.69, 9.17) is 14.5 Å². The van der Waals surface area contributed by atoms with Gasteiger partial charge in [-0.2, -0.15) is 0 Å². The SMILES string of the molecule is Cc1ccc(C)c(OCC(O)Cn2c(C3CCOCC3)nc3ccccc32)c1. The van der Waals surface area contributed by atoms with Crippen LogP contribution < -0.4 is 4.74 Å². The molecule has 4 rings (SSSR count). The van der Waals surface area contributed by atoms with E-state index in [2.05, 4.69) is 16.7 Å². The number of aliphatic hydroxyl groups excluding tert-OH is 1. The molecule has 1 unspecified atom stereocenters. The smallest absolute Gasteiger partial charge is 0.122 e. The summed E-state index contributed by atoms with van der Waals surface area (Å²) < 4.78 is 13.6. The Balaban J connectivity index is 1.53. The van der Waals surface area contributed by atoms with E-state index in [0.717, 1.165) is 59.8 Å². The summed E-state index contributed by atoms with van der Waals surface area (Å²) in [4.78, 5) is 4.89. The number of ether oxygens (including phenoxy) is 2. The topological polar surface area (TPSA) is 56.5 Å². The van der Waals surface area contributed by atoms with Crippen molar-refractivity contribution in [3.8, 4) is 5.75 Å². The third-order valence-electron chi connectivity index (χ3n) is 5.44. The number of hydrogen-bond donors (Lipinski definition) is 1. The lowest BCUT2D eigenvalue weighted by Crippen LogP contribution is -2.26. The minimum Gasteiger partial charge on any atom is -0.491 e. The second-order valence-electron chi connectivity index (χ2n) is 7.69. The highest BCUT2D eigenvalue weighted by molar-refractivity contribution is 5.76. The zero-order valence-corrected chi connectivity index (χ0v) is 16.6. The molecule has 0 spiro atoms. The van der Waals surface area contributed by atoms with E-state index in [1.165, 1.54) is 0 Å². The Morgan fingerprint density at radius 3 is 2.79 bits per heavy atom. The van der Waals surface area contributed by atoms with Gasteiger partial charge in [0.05, 0.1) is 17.6 Å². The predicted molar refractivity (Wildman–Crippen MR) is 110 cm³/mol. The third-order valence-corrected chi connectivity index (χ3v) is 5.44. The molecule has 1 fully saturated rings. The fourth-order valence-electron chi connectivity index (χ4n) is 3.87. The second kappa shape index (κ2) is 8.33. The molecule has 0 amide bonds. The van der Waals surface area contributed by atoms with E-state index in [-0.39, 0.29) is 6.61 Å². The van der Waals surface area contributed by atoms with Gasteiger partial charge in [0.2, 0.25) is 0 Å².